The van der Waals surface area contributed by atoms with E-state index in [1.165, 1.54) is 0 Å². The predicted molar refractivity (Wildman–Crippen MR) is 190 cm³/mol. The molecular weight excluding hydrogens is 700 g/mol. The van der Waals surface area contributed by atoms with Gasteiger partial charge in [-0.3, -0.25) is 34.2 Å². The maximum atomic E-state index is 13.3. The highest BCUT2D eigenvalue weighted by molar-refractivity contribution is 5.96. The van der Waals surface area contributed by atoms with Crippen LogP contribution in [0.4, 0.5) is 0 Å². The van der Waals surface area contributed by atoms with Gasteiger partial charge in [0.1, 0.15) is 30.2 Å². The Morgan fingerprint density at radius 2 is 1.19 bits per heavy atom. The number of carbonyl (C=O) groups excluding carboxylic acids is 6. The zero-order valence-corrected chi connectivity index (χ0v) is 29.9. The van der Waals surface area contributed by atoms with Crippen LogP contribution in [0.25, 0.3) is 0 Å². The van der Waals surface area contributed by atoms with Gasteiger partial charge in [-0.05, 0) is 83.8 Å². The molecule has 22 heteroatoms. The van der Waals surface area contributed by atoms with E-state index in [0.717, 1.165) is 6.42 Å². The van der Waals surface area contributed by atoms with Crippen LogP contribution in [0.15, 0.2) is 0 Å². The molecule has 0 aromatic rings. The average Bonchev–Trinajstić information content (AvgIpc) is 3.67. The number of unbranched alkanes of at least 4 members (excludes halogenated alkanes) is 2. The van der Waals surface area contributed by atoms with E-state index in [1.54, 1.807) is 0 Å². The van der Waals surface area contributed by atoms with E-state index in [2.05, 4.69) is 42.5 Å². The molecule has 6 amide bonds. The fourth-order valence-electron chi connectivity index (χ4n) is 5.23. The summed E-state index contributed by atoms with van der Waals surface area (Å²) < 4.78 is 0. The number of aliphatic carboxylic acids is 1. The zero-order valence-electron chi connectivity index (χ0n) is 29.9. The second-order valence-corrected chi connectivity index (χ2v) is 12.5. The number of amides is 6. The molecule has 0 radical (unpaired) electrons. The fourth-order valence-corrected chi connectivity index (χ4v) is 5.23. The summed E-state index contributed by atoms with van der Waals surface area (Å²) >= 11 is 0. The van der Waals surface area contributed by atoms with Gasteiger partial charge in [0, 0.05) is 6.54 Å². The molecule has 1 fully saturated rings. The van der Waals surface area contributed by atoms with Crippen LogP contribution in [0.2, 0.25) is 0 Å². The highest BCUT2D eigenvalue weighted by atomic mass is 16.4. The van der Waals surface area contributed by atoms with Crippen molar-refractivity contribution < 1.29 is 48.9 Å². The topological polar surface area (TPSA) is 378 Å². The SMILES string of the molecule is N=C(N)NCCC[C@H](NC(=O)[C@@H]1CCCN1)C(=O)N[C@@H](CO)C(=O)N[C@@H](CCCCN)C(=O)NCC(=O)N[C@@H](CO)C(=O)N[C@@H](CCCCN)C(=O)O. The number of aliphatic hydroxyl groups is 2. The molecule has 302 valence electrons. The molecule has 1 saturated heterocycles. The molecule has 1 rings (SSSR count). The number of rotatable bonds is 27. The summed E-state index contributed by atoms with van der Waals surface area (Å²) in [4.78, 5) is 89.1. The second-order valence-electron chi connectivity index (χ2n) is 12.5. The lowest BCUT2D eigenvalue weighted by Gasteiger charge is -2.25. The summed E-state index contributed by atoms with van der Waals surface area (Å²) in [5.74, 6) is -6.39. The molecule has 22 nitrogen and oxygen atoms in total. The van der Waals surface area contributed by atoms with Crippen LogP contribution in [-0.4, -0.2) is 145 Å². The van der Waals surface area contributed by atoms with E-state index < -0.39 is 97.4 Å². The van der Waals surface area contributed by atoms with Gasteiger partial charge in [0.15, 0.2) is 5.96 Å². The Labute approximate surface area is 307 Å². The van der Waals surface area contributed by atoms with E-state index >= 15 is 0 Å². The van der Waals surface area contributed by atoms with Gasteiger partial charge in [0.2, 0.25) is 35.4 Å². The molecule has 0 aliphatic carbocycles. The first-order valence-corrected chi connectivity index (χ1v) is 17.7. The van der Waals surface area contributed by atoms with Crippen molar-refractivity contribution >= 4 is 47.4 Å². The molecule has 18 N–H and O–H groups in total. The first kappa shape index (κ1) is 46.4. The van der Waals surface area contributed by atoms with Crippen molar-refractivity contribution in [1.29, 1.82) is 5.41 Å². The van der Waals surface area contributed by atoms with Crippen LogP contribution in [0.1, 0.15) is 64.2 Å². The Morgan fingerprint density at radius 1 is 0.679 bits per heavy atom. The number of nitrogens with two attached hydrogens (primary N) is 3. The van der Waals surface area contributed by atoms with Crippen LogP contribution < -0.4 is 59.7 Å². The van der Waals surface area contributed by atoms with Gasteiger partial charge in [-0.15, -0.1) is 0 Å². The number of carboxylic acid groups (broad SMARTS) is 1. The first-order valence-electron chi connectivity index (χ1n) is 17.7. The minimum Gasteiger partial charge on any atom is -0.480 e. The Balaban J connectivity index is 2.90. The van der Waals surface area contributed by atoms with Gasteiger partial charge < -0.3 is 75.1 Å². The molecule has 1 aliphatic heterocycles. The summed E-state index contributed by atoms with van der Waals surface area (Å²) in [7, 11) is 0. The third kappa shape index (κ3) is 18.6. The maximum Gasteiger partial charge on any atom is 0.326 e. The zero-order chi connectivity index (χ0) is 39.8. The monoisotopic (exact) mass is 758 g/mol. The summed E-state index contributed by atoms with van der Waals surface area (Å²) in [5, 5.41) is 56.3. The standard InChI is InChI=1S/C31H58N12O10/c32-11-3-1-7-19(25(47)38-15-24(46)39-22(16-44)28(50)42-21(30(52)53)8-2-4-12-33)40-29(51)23(17-45)43-27(49)20(10-6-14-37-31(34)35)41-26(48)18-9-5-13-36-18/h18-23,36,44-45H,1-17,32-33H2,(H,38,47)(H,39,46)(H,40,51)(H,41,48)(H,42,50)(H,43,49)(H,52,53)(H4,34,35,37)/t18-,19-,20-,21-,22-,23-/m0/s1. The largest absolute Gasteiger partial charge is 0.480 e. The van der Waals surface area contributed by atoms with Crippen molar-refractivity contribution in [1.82, 2.24) is 42.5 Å². The van der Waals surface area contributed by atoms with Crippen LogP contribution in [0, 0.1) is 5.41 Å². The number of hydrogen-bond acceptors (Lipinski definition) is 13. The van der Waals surface area contributed by atoms with Gasteiger partial charge in [-0.25, -0.2) is 4.79 Å². The summed E-state index contributed by atoms with van der Waals surface area (Å²) in [6, 6.07) is -7.21. The summed E-state index contributed by atoms with van der Waals surface area (Å²) in [6.45, 7) is -0.946. The summed E-state index contributed by atoms with van der Waals surface area (Å²) in [5.41, 5.74) is 16.3. The normalized spacial score (nSPS) is 16.5. The van der Waals surface area contributed by atoms with Gasteiger partial charge >= 0.3 is 5.97 Å². The molecule has 1 aliphatic rings. The van der Waals surface area contributed by atoms with Crippen LogP contribution in [0.3, 0.4) is 0 Å². The third-order valence-corrected chi connectivity index (χ3v) is 8.21. The average molecular weight is 759 g/mol. The van der Waals surface area contributed by atoms with Crippen molar-refractivity contribution in [2.75, 3.05) is 45.9 Å². The molecule has 0 saturated carbocycles. The highest BCUT2D eigenvalue weighted by Crippen LogP contribution is 2.08. The Bertz CT molecular complexity index is 1220. The number of nitrogens with one attached hydrogen (secondary N) is 9. The minimum atomic E-state index is -1.54. The molecule has 0 aromatic carbocycles. The first-order chi connectivity index (χ1) is 25.3. The molecule has 6 atom stereocenters. The molecular formula is C31H58N12O10. The smallest absolute Gasteiger partial charge is 0.326 e. The van der Waals surface area contributed by atoms with Crippen LogP contribution >= 0.6 is 0 Å². The van der Waals surface area contributed by atoms with E-state index in [-0.39, 0.29) is 38.3 Å². The number of guanidine groups is 1. The second kappa shape index (κ2) is 26.2. The van der Waals surface area contributed by atoms with Gasteiger partial charge in [-0.2, -0.15) is 0 Å². The predicted octanol–water partition coefficient (Wildman–Crippen LogP) is -6.13. The van der Waals surface area contributed by atoms with Crippen LogP contribution in [-0.2, 0) is 33.6 Å². The van der Waals surface area contributed by atoms with Gasteiger partial charge in [-0.1, -0.05) is 0 Å². The van der Waals surface area contributed by atoms with E-state index in [4.69, 9.17) is 22.6 Å². The van der Waals surface area contributed by atoms with Crippen molar-refractivity contribution in [2.24, 2.45) is 17.2 Å². The van der Waals surface area contributed by atoms with Crippen LogP contribution in [0.5, 0.6) is 0 Å². The lowest BCUT2D eigenvalue weighted by atomic mass is 10.1. The number of carbonyl (C=O) groups is 7. The molecule has 53 heavy (non-hydrogen) atoms. The Morgan fingerprint density at radius 3 is 1.72 bits per heavy atom. The van der Waals surface area contributed by atoms with Crippen molar-refractivity contribution in [2.45, 2.75) is 100 Å². The van der Waals surface area contributed by atoms with Crippen molar-refractivity contribution in [3.63, 3.8) is 0 Å². The minimum absolute atomic E-state index is 0.0567. The van der Waals surface area contributed by atoms with E-state index in [1.807, 2.05) is 0 Å². The molecule has 0 aromatic heterocycles. The Kier molecular flexibility index (Phi) is 22.9. The number of aliphatic hydroxyl groups excluding tert-OH is 2. The molecule has 0 unspecified atom stereocenters. The Hall–Kier alpha value is -4.64. The number of hydrogen-bond donors (Lipinski definition) is 15. The lowest BCUT2D eigenvalue weighted by molar-refractivity contribution is -0.142. The van der Waals surface area contributed by atoms with E-state index in [9.17, 15) is 48.9 Å². The van der Waals surface area contributed by atoms with Crippen molar-refractivity contribution in [3.8, 4) is 0 Å². The molecule has 0 spiro atoms. The van der Waals surface area contributed by atoms with Gasteiger partial charge in [0.05, 0.1) is 25.8 Å². The van der Waals surface area contributed by atoms with Crippen molar-refractivity contribution in [3.05, 3.63) is 0 Å². The quantitative estimate of drug-likeness (QED) is 0.0211. The van der Waals surface area contributed by atoms with E-state index in [0.29, 0.717) is 51.6 Å². The third-order valence-electron chi connectivity index (χ3n) is 8.21. The molecule has 0 bridgehead atoms. The lowest BCUT2D eigenvalue weighted by Crippen LogP contribution is -2.59. The van der Waals surface area contributed by atoms with Gasteiger partial charge in [0.25, 0.3) is 0 Å². The fraction of sp³-hybridized carbons (Fsp3) is 0.742. The highest BCUT2D eigenvalue weighted by Gasteiger charge is 2.32. The molecule has 1 heterocycles. The summed E-state index contributed by atoms with van der Waals surface area (Å²) in [6.07, 6.45) is 3.70. The maximum absolute atomic E-state index is 13.3. The number of carboxylic acids is 1.